The molecule has 0 spiro atoms. The number of aromatic nitrogens is 1. The first-order valence-corrected chi connectivity index (χ1v) is 27.7. The summed E-state index contributed by atoms with van der Waals surface area (Å²) in [5.74, 6) is -4.42. The monoisotopic (exact) mass is 1170 g/mol. The predicted octanol–water partition coefficient (Wildman–Crippen LogP) is 3.16. The summed E-state index contributed by atoms with van der Waals surface area (Å²) >= 11 is 10.5. The molecule has 0 aliphatic carbocycles. The molecule has 1 unspecified atom stereocenters. The molecule has 410 valence electrons. The van der Waals surface area contributed by atoms with E-state index in [4.69, 9.17) is 22.1 Å². The Labute approximate surface area is 452 Å². The van der Waals surface area contributed by atoms with Gasteiger partial charge in [0, 0.05) is 79.1 Å². The van der Waals surface area contributed by atoms with Gasteiger partial charge in [-0.15, -0.1) is 0 Å². The maximum Gasteiger partial charge on any atom is 0.399 e. The number of aromatic amines is 1. The van der Waals surface area contributed by atoms with E-state index in [1.165, 1.54) is 11.0 Å². The molecule has 8 amide bonds. The van der Waals surface area contributed by atoms with E-state index in [-0.39, 0.29) is 72.6 Å². The molecule has 6 heterocycles. The molecule has 5 aliphatic rings. The number of carbonyl (C=O) groups excluding carboxylic acids is 8. The molecule has 9 rings (SSSR count). The van der Waals surface area contributed by atoms with Crippen LogP contribution in [0.3, 0.4) is 0 Å². The normalized spacial score (nSPS) is 22.1. The summed E-state index contributed by atoms with van der Waals surface area (Å²) in [4.78, 5) is 136. The van der Waals surface area contributed by atoms with Gasteiger partial charge in [0.1, 0.15) is 41.2 Å². The number of nitrogens with one attached hydrogen (secondary N) is 4. The summed E-state index contributed by atoms with van der Waals surface area (Å²) < 4.78 is 47.2. The summed E-state index contributed by atoms with van der Waals surface area (Å²) in [6, 6.07) is 8.56. The number of rotatable bonds is 16. The highest BCUT2D eigenvalue weighted by Gasteiger charge is 2.51. The fraction of sp³-hybridized carbons (Fsp3) is 0.440. The molecule has 1 aromatic heterocycles. The van der Waals surface area contributed by atoms with Crippen molar-refractivity contribution < 1.29 is 66.2 Å². The number of carbonyl (C=O) groups is 8. The van der Waals surface area contributed by atoms with E-state index in [0.717, 1.165) is 28.7 Å². The van der Waals surface area contributed by atoms with Crippen LogP contribution in [0.4, 0.5) is 14.5 Å². The lowest BCUT2D eigenvalue weighted by Gasteiger charge is -2.38. The fourth-order valence-electron chi connectivity index (χ4n) is 10.7. The van der Waals surface area contributed by atoms with Crippen LogP contribution in [0, 0.1) is 0 Å². The van der Waals surface area contributed by atoms with Gasteiger partial charge in [-0.25, -0.2) is 0 Å². The fourth-order valence-corrected chi connectivity index (χ4v) is 12.1. The molecule has 4 saturated heterocycles. The number of fused-ring (bicyclic) bond motifs is 3. The number of halogens is 4. The maximum absolute atomic E-state index is 14.5. The molecular weight excluding hydrogens is 1120 g/mol. The zero-order valence-corrected chi connectivity index (χ0v) is 44.7. The Bertz CT molecular complexity index is 3140. The highest BCUT2D eigenvalue weighted by Crippen LogP contribution is 2.59. The second kappa shape index (κ2) is 22.2. The second-order valence-corrected chi connectivity index (χ2v) is 22.8. The van der Waals surface area contributed by atoms with Crippen LogP contribution in [0.15, 0.2) is 59.1 Å². The van der Waals surface area contributed by atoms with Crippen molar-refractivity contribution in [1.82, 2.24) is 40.5 Å². The highest BCUT2D eigenvalue weighted by atomic mass is 79.9. The third-order valence-corrected chi connectivity index (χ3v) is 16.7. The SMILES string of the molecule is CN1CC[C@H]2CC[C@@H](C(=O)N[C@@H](CCC(N)=O)COc3cccc(N4CCN(Cc5cc(Br)c6c(c5)C(=O)N(C5CCC(=O)NC5=O)C6=O)CC4)c3Cl)N2C(=O)[C@@H](NC(=O)c2cc3cc(C(F)(F)P(=O)(O)O)ccc3[nH]2)C1. The average Bonchev–Trinajstić information content (AvgIpc) is 4.11. The van der Waals surface area contributed by atoms with Crippen molar-refractivity contribution in [2.45, 2.75) is 87.4 Å². The first kappa shape index (κ1) is 55.4. The molecule has 4 fully saturated rings. The Morgan fingerprint density at radius 3 is 2.44 bits per heavy atom. The van der Waals surface area contributed by atoms with Gasteiger partial charge in [0.2, 0.25) is 29.5 Å². The lowest BCUT2D eigenvalue weighted by Crippen LogP contribution is -2.60. The van der Waals surface area contributed by atoms with Gasteiger partial charge in [0.05, 0.1) is 22.9 Å². The van der Waals surface area contributed by atoms with Gasteiger partial charge in [-0.2, -0.15) is 8.78 Å². The molecule has 0 saturated carbocycles. The van der Waals surface area contributed by atoms with Gasteiger partial charge in [-0.3, -0.25) is 58.0 Å². The van der Waals surface area contributed by atoms with Crippen LogP contribution < -0.4 is 31.3 Å². The number of nitrogens with zero attached hydrogens (tertiary/aromatic N) is 5. The first-order valence-electron chi connectivity index (χ1n) is 24.9. The van der Waals surface area contributed by atoms with E-state index >= 15 is 0 Å². The summed E-state index contributed by atoms with van der Waals surface area (Å²) in [6.45, 7) is 3.24. The summed E-state index contributed by atoms with van der Waals surface area (Å²) in [5, 5.41) is 8.29. The van der Waals surface area contributed by atoms with E-state index < -0.39 is 90.2 Å². The summed E-state index contributed by atoms with van der Waals surface area (Å²) in [6.07, 6.45) is 1.40. The number of likely N-dealkylation sites (N-methyl/N-ethyl adjacent to an activating group) is 1. The van der Waals surface area contributed by atoms with Gasteiger partial charge < -0.3 is 50.6 Å². The zero-order valence-electron chi connectivity index (χ0n) is 41.4. The number of ether oxygens (including phenoxy) is 1. The smallest absolute Gasteiger partial charge is 0.399 e. The topological polar surface area (TPSA) is 297 Å². The van der Waals surface area contributed by atoms with Crippen LogP contribution in [0.1, 0.15) is 87.3 Å². The van der Waals surface area contributed by atoms with Crippen LogP contribution in [0.25, 0.3) is 10.9 Å². The van der Waals surface area contributed by atoms with Crippen molar-refractivity contribution in [1.29, 1.82) is 0 Å². The number of imide groups is 2. The molecule has 77 heavy (non-hydrogen) atoms. The van der Waals surface area contributed by atoms with E-state index in [1.807, 2.05) is 11.0 Å². The standard InChI is InChI=1S/C50H55BrClF2N10O12P/c1-60-14-13-30-7-9-37(63(30)48(71)35(24-60)58-44(67)34-22-27-21-28(5-8-33(27)57-34)50(53,54)77(73,74)75)45(68)56-29(6-11-40(55)65)25-76-39-4-2-3-36(43(39)52)62-17-15-61(16-18-62)23-26-19-31-42(32(51)20-26)49(72)64(47(31)70)38-10-12-41(66)59-46(38)69/h2-5,8,19-22,29-30,35,37-38,57H,6-7,9-18,23-25H2,1H3,(H2,55,65)(H,56,68)(H,58,67)(H,59,66,69)(H2,73,74,75)/t29-,30+,35-,37-,38?/m0/s1. The minimum absolute atomic E-state index is 0.0133. The van der Waals surface area contributed by atoms with Gasteiger partial charge >= 0.3 is 13.3 Å². The van der Waals surface area contributed by atoms with Gasteiger partial charge in [0.15, 0.2) is 0 Å². The number of amides is 8. The Hall–Kier alpha value is -6.34. The minimum Gasteiger partial charge on any atom is -0.490 e. The Morgan fingerprint density at radius 2 is 1.73 bits per heavy atom. The number of piperazine rings is 1. The molecule has 0 bridgehead atoms. The van der Waals surface area contributed by atoms with Crippen molar-refractivity contribution >= 4 is 99.0 Å². The van der Waals surface area contributed by atoms with Crippen molar-refractivity contribution in [3.8, 4) is 5.75 Å². The van der Waals surface area contributed by atoms with Crippen LogP contribution in [-0.2, 0) is 40.7 Å². The molecule has 5 aliphatic heterocycles. The molecule has 0 radical (unpaired) electrons. The molecule has 3 aromatic carbocycles. The van der Waals surface area contributed by atoms with E-state index in [9.17, 15) is 61.5 Å². The number of hydrogen-bond donors (Lipinski definition) is 7. The van der Waals surface area contributed by atoms with Gasteiger partial charge in [0.25, 0.3) is 17.7 Å². The average molecular weight is 1170 g/mol. The van der Waals surface area contributed by atoms with Crippen LogP contribution in [-0.4, -0.2) is 165 Å². The number of H-pyrrole nitrogens is 1. The highest BCUT2D eigenvalue weighted by molar-refractivity contribution is 9.10. The van der Waals surface area contributed by atoms with Gasteiger partial charge in [-0.1, -0.05) is 23.7 Å². The molecule has 27 heteroatoms. The van der Waals surface area contributed by atoms with Crippen LogP contribution >= 0.6 is 35.1 Å². The largest absolute Gasteiger partial charge is 0.490 e. The lowest BCUT2D eigenvalue weighted by molar-refractivity contribution is -0.143. The zero-order chi connectivity index (χ0) is 55.2. The number of hydrogen-bond acceptors (Lipinski definition) is 13. The Kier molecular flexibility index (Phi) is 16.0. The molecule has 22 nitrogen and oxygen atoms in total. The Balaban J connectivity index is 0.823. The number of piperidine rings is 1. The van der Waals surface area contributed by atoms with E-state index in [2.05, 4.69) is 46.7 Å². The second-order valence-electron chi connectivity index (χ2n) is 20.0. The van der Waals surface area contributed by atoms with Crippen molar-refractivity contribution in [2.75, 3.05) is 57.8 Å². The predicted molar refractivity (Wildman–Crippen MR) is 277 cm³/mol. The number of alkyl halides is 2. The van der Waals surface area contributed by atoms with Crippen molar-refractivity contribution in [3.63, 3.8) is 0 Å². The molecule has 4 aromatic rings. The van der Waals surface area contributed by atoms with Crippen molar-refractivity contribution in [3.05, 3.63) is 92.0 Å². The number of benzene rings is 3. The molecule has 8 N–H and O–H groups in total. The van der Waals surface area contributed by atoms with E-state index in [0.29, 0.717) is 79.5 Å². The quantitative estimate of drug-likeness (QED) is 0.0627. The number of primary amides is 1. The lowest BCUT2D eigenvalue weighted by atomic mass is 10.0. The van der Waals surface area contributed by atoms with E-state index in [1.54, 1.807) is 31.3 Å². The first-order chi connectivity index (χ1) is 36.5. The van der Waals surface area contributed by atoms with Crippen LogP contribution in [0.2, 0.25) is 5.02 Å². The number of nitrogens with two attached hydrogens (primary N) is 1. The van der Waals surface area contributed by atoms with Crippen LogP contribution in [0.5, 0.6) is 5.75 Å². The van der Waals surface area contributed by atoms with Crippen molar-refractivity contribution in [2.24, 2.45) is 5.73 Å². The Morgan fingerprint density at radius 1 is 0.974 bits per heavy atom. The third kappa shape index (κ3) is 11.5. The third-order valence-electron chi connectivity index (χ3n) is 14.7. The summed E-state index contributed by atoms with van der Waals surface area (Å²) in [5.41, 5.74) is 2.06. The molecule has 5 atom stereocenters. The van der Waals surface area contributed by atoms with Gasteiger partial charge in [-0.05, 0) is 110 Å². The summed E-state index contributed by atoms with van der Waals surface area (Å²) in [7, 11) is -4.07. The maximum atomic E-state index is 14.5. The minimum atomic E-state index is -5.86. The molecular formula is C50H55BrClF2N10O12P. The number of anilines is 1.